The molecule has 3 aromatic carbocycles. The van der Waals surface area contributed by atoms with Crippen LogP contribution in [-0.4, -0.2) is 42.9 Å². The fourth-order valence-corrected chi connectivity index (χ4v) is 4.64. The van der Waals surface area contributed by atoms with Crippen molar-refractivity contribution in [3.05, 3.63) is 100 Å². The summed E-state index contributed by atoms with van der Waals surface area (Å²) in [5, 5.41) is 3.64. The Labute approximate surface area is 216 Å². The molecule has 0 unspecified atom stereocenters. The zero-order valence-electron chi connectivity index (χ0n) is 20.0. The summed E-state index contributed by atoms with van der Waals surface area (Å²) in [5.74, 6) is 0.519. The highest BCUT2D eigenvalue weighted by Gasteiger charge is 2.30. The molecule has 1 saturated heterocycles. The fraction of sp³-hybridized carbons (Fsp3) is 0.241. The summed E-state index contributed by atoms with van der Waals surface area (Å²) in [6.07, 6.45) is 4.19. The minimum atomic E-state index is -0.229. The van der Waals surface area contributed by atoms with E-state index in [1.807, 2.05) is 60.7 Å². The van der Waals surface area contributed by atoms with E-state index in [-0.39, 0.29) is 17.6 Å². The van der Waals surface area contributed by atoms with E-state index < -0.39 is 0 Å². The van der Waals surface area contributed by atoms with Crippen LogP contribution in [0.2, 0.25) is 5.02 Å². The number of carbonyl (C=O) groups is 2. The summed E-state index contributed by atoms with van der Waals surface area (Å²) in [5.41, 5.74) is 3.04. The average molecular weight is 502 g/mol. The Kier molecular flexibility index (Phi) is 7.35. The number of amides is 2. The zero-order valence-corrected chi connectivity index (χ0v) is 20.7. The van der Waals surface area contributed by atoms with Crippen LogP contribution in [-0.2, 0) is 11.3 Å². The number of nitrogens with one attached hydrogen (secondary N) is 1. The van der Waals surface area contributed by atoms with E-state index in [1.165, 1.54) is 12.8 Å². The molecule has 0 atom stereocenters. The lowest BCUT2D eigenvalue weighted by molar-refractivity contribution is -0.117. The first-order chi connectivity index (χ1) is 17.6. The number of carbonyl (C=O) groups excluding carboxylic acids is 2. The second-order valence-corrected chi connectivity index (χ2v) is 9.46. The maximum absolute atomic E-state index is 13.4. The molecule has 2 aliphatic rings. The van der Waals surface area contributed by atoms with E-state index in [0.29, 0.717) is 29.4 Å². The van der Waals surface area contributed by atoms with Gasteiger partial charge in [0.05, 0.1) is 12.2 Å². The predicted molar refractivity (Wildman–Crippen MR) is 142 cm³/mol. The molecule has 3 aromatic rings. The van der Waals surface area contributed by atoms with Crippen molar-refractivity contribution in [2.75, 3.05) is 31.1 Å². The molecule has 0 saturated carbocycles. The maximum atomic E-state index is 13.4. The van der Waals surface area contributed by atoms with Crippen molar-refractivity contribution in [1.29, 1.82) is 0 Å². The van der Waals surface area contributed by atoms with Crippen LogP contribution in [0.5, 0.6) is 5.75 Å². The number of anilines is 1. The maximum Gasteiger partial charge on any atom is 0.294 e. The van der Waals surface area contributed by atoms with E-state index in [4.69, 9.17) is 16.3 Å². The molecule has 1 N–H and O–H groups in total. The Morgan fingerprint density at radius 3 is 2.44 bits per heavy atom. The SMILES string of the molecule is O=C(NCCN1CCCC1)c1ccc(/C=C2\Oc3ccccc3N(Cc3ccc(Cl)cc3)C2=O)cc1. The highest BCUT2D eigenvalue weighted by Crippen LogP contribution is 2.36. The molecule has 0 spiro atoms. The third-order valence-corrected chi connectivity index (χ3v) is 6.72. The molecule has 0 aromatic heterocycles. The number of halogens is 1. The number of ether oxygens (including phenoxy) is 1. The molecule has 36 heavy (non-hydrogen) atoms. The lowest BCUT2D eigenvalue weighted by Gasteiger charge is -2.30. The van der Waals surface area contributed by atoms with E-state index in [9.17, 15) is 9.59 Å². The number of fused-ring (bicyclic) bond motifs is 1. The van der Waals surface area contributed by atoms with E-state index in [1.54, 1.807) is 23.1 Å². The summed E-state index contributed by atoms with van der Waals surface area (Å²) in [6.45, 7) is 4.13. The zero-order chi connectivity index (χ0) is 24.9. The second-order valence-electron chi connectivity index (χ2n) is 9.02. The van der Waals surface area contributed by atoms with Gasteiger partial charge in [-0.2, -0.15) is 0 Å². The van der Waals surface area contributed by atoms with Gasteiger partial charge >= 0.3 is 0 Å². The van der Waals surface area contributed by atoms with Crippen molar-refractivity contribution in [1.82, 2.24) is 10.2 Å². The normalized spacial score (nSPS) is 16.6. The highest BCUT2D eigenvalue weighted by molar-refractivity contribution is 6.30. The summed E-state index contributed by atoms with van der Waals surface area (Å²) < 4.78 is 5.98. The van der Waals surface area contributed by atoms with Crippen molar-refractivity contribution in [3.63, 3.8) is 0 Å². The first-order valence-corrected chi connectivity index (χ1v) is 12.6. The van der Waals surface area contributed by atoms with Crippen LogP contribution in [0.25, 0.3) is 6.08 Å². The van der Waals surface area contributed by atoms with Gasteiger partial charge in [-0.3, -0.25) is 14.5 Å². The molecule has 7 heteroatoms. The molecule has 5 rings (SSSR count). The molecule has 6 nitrogen and oxygen atoms in total. The minimum Gasteiger partial charge on any atom is -0.449 e. The van der Waals surface area contributed by atoms with Crippen LogP contribution in [0.3, 0.4) is 0 Å². The van der Waals surface area contributed by atoms with Crippen LogP contribution in [0.4, 0.5) is 5.69 Å². The van der Waals surface area contributed by atoms with Gasteiger partial charge in [0.1, 0.15) is 0 Å². The van der Waals surface area contributed by atoms with Gasteiger partial charge in [0.2, 0.25) is 0 Å². The molecule has 1 fully saturated rings. The van der Waals surface area contributed by atoms with Gasteiger partial charge in [-0.15, -0.1) is 0 Å². The quantitative estimate of drug-likeness (QED) is 0.456. The van der Waals surface area contributed by atoms with Crippen molar-refractivity contribution < 1.29 is 14.3 Å². The molecule has 2 aliphatic heterocycles. The highest BCUT2D eigenvalue weighted by atomic mass is 35.5. The number of para-hydroxylation sites is 2. The van der Waals surface area contributed by atoms with Gasteiger partial charge < -0.3 is 15.0 Å². The van der Waals surface area contributed by atoms with Crippen LogP contribution >= 0.6 is 11.6 Å². The fourth-order valence-electron chi connectivity index (χ4n) is 4.51. The number of nitrogens with zero attached hydrogens (tertiary/aromatic N) is 2. The van der Waals surface area contributed by atoms with Gasteiger partial charge in [-0.05, 0) is 79.5 Å². The third kappa shape index (κ3) is 5.61. The number of rotatable bonds is 7. The molecule has 2 amide bonds. The average Bonchev–Trinajstić information content (AvgIpc) is 3.42. The van der Waals surface area contributed by atoms with E-state index in [0.717, 1.165) is 36.4 Å². The van der Waals surface area contributed by atoms with Crippen LogP contribution < -0.4 is 15.0 Å². The standard InChI is InChI=1S/C29H28ClN3O3/c30-24-13-9-22(10-14-24)20-33-25-5-1-2-6-26(25)36-27(29(33)35)19-21-7-11-23(12-8-21)28(34)31-15-18-32-16-3-4-17-32/h1-2,5-14,19H,3-4,15-18,20H2,(H,31,34)/b27-19-. The Hall–Kier alpha value is -3.61. The first kappa shape index (κ1) is 24.1. The summed E-state index contributed by atoms with van der Waals surface area (Å²) in [4.78, 5) is 30.0. The van der Waals surface area contributed by atoms with Crippen LogP contribution in [0.15, 0.2) is 78.6 Å². The number of benzene rings is 3. The van der Waals surface area contributed by atoms with Crippen LogP contribution in [0.1, 0.15) is 34.3 Å². The molecule has 0 radical (unpaired) electrons. The van der Waals surface area contributed by atoms with Crippen molar-refractivity contribution in [2.24, 2.45) is 0 Å². The van der Waals surface area contributed by atoms with Crippen molar-refractivity contribution >= 4 is 35.2 Å². The lowest BCUT2D eigenvalue weighted by Crippen LogP contribution is -2.36. The number of hydrogen-bond donors (Lipinski definition) is 1. The van der Waals surface area contributed by atoms with Crippen molar-refractivity contribution in [3.8, 4) is 5.75 Å². The second kappa shape index (κ2) is 11.0. The smallest absolute Gasteiger partial charge is 0.294 e. The van der Waals surface area contributed by atoms with E-state index in [2.05, 4.69) is 10.2 Å². The molecular weight excluding hydrogens is 474 g/mol. The predicted octanol–water partition coefficient (Wildman–Crippen LogP) is 5.13. The minimum absolute atomic E-state index is 0.0959. The first-order valence-electron chi connectivity index (χ1n) is 12.2. The Morgan fingerprint density at radius 1 is 0.972 bits per heavy atom. The Balaban J connectivity index is 1.29. The molecule has 184 valence electrons. The lowest BCUT2D eigenvalue weighted by atomic mass is 10.1. The monoisotopic (exact) mass is 501 g/mol. The Morgan fingerprint density at radius 2 is 1.69 bits per heavy atom. The summed E-state index contributed by atoms with van der Waals surface area (Å²) >= 11 is 6.02. The van der Waals surface area contributed by atoms with Crippen LogP contribution in [0, 0.1) is 0 Å². The van der Waals surface area contributed by atoms with Gasteiger partial charge in [0, 0.05) is 23.7 Å². The summed E-state index contributed by atoms with van der Waals surface area (Å²) in [6, 6.07) is 22.1. The molecule has 2 heterocycles. The molecule has 0 bridgehead atoms. The largest absolute Gasteiger partial charge is 0.449 e. The van der Waals surface area contributed by atoms with Gasteiger partial charge in [-0.25, -0.2) is 0 Å². The number of likely N-dealkylation sites (tertiary alicyclic amines) is 1. The number of hydrogen-bond acceptors (Lipinski definition) is 4. The third-order valence-electron chi connectivity index (χ3n) is 6.47. The van der Waals surface area contributed by atoms with Gasteiger partial charge in [0.15, 0.2) is 11.5 Å². The van der Waals surface area contributed by atoms with Gasteiger partial charge in [-0.1, -0.05) is 48.0 Å². The molecule has 0 aliphatic carbocycles. The molecular formula is C29H28ClN3O3. The Bertz CT molecular complexity index is 1270. The van der Waals surface area contributed by atoms with E-state index >= 15 is 0 Å². The topological polar surface area (TPSA) is 61.9 Å². The van der Waals surface area contributed by atoms with Crippen molar-refractivity contribution in [2.45, 2.75) is 19.4 Å². The van der Waals surface area contributed by atoms with Gasteiger partial charge in [0.25, 0.3) is 11.8 Å². The summed E-state index contributed by atoms with van der Waals surface area (Å²) in [7, 11) is 0.